The molecule has 0 aromatic heterocycles. The lowest BCUT2D eigenvalue weighted by molar-refractivity contribution is 0.195. The maximum atomic E-state index is 5.95. The Morgan fingerprint density at radius 2 is 2.29 bits per heavy atom. The van der Waals surface area contributed by atoms with Gasteiger partial charge in [-0.05, 0) is 24.5 Å². The summed E-state index contributed by atoms with van der Waals surface area (Å²) in [7, 11) is 0. The van der Waals surface area contributed by atoms with Crippen LogP contribution in [0.15, 0.2) is 24.3 Å². The first-order chi connectivity index (χ1) is 8.13. The van der Waals surface area contributed by atoms with Gasteiger partial charge < -0.3 is 10.5 Å². The Morgan fingerprint density at radius 3 is 3.00 bits per heavy atom. The Labute approximate surface area is 104 Å². The van der Waals surface area contributed by atoms with Crippen LogP contribution in [0.25, 0.3) is 0 Å². The first kappa shape index (κ1) is 12.2. The zero-order valence-corrected chi connectivity index (χ0v) is 10.7. The van der Waals surface area contributed by atoms with Crippen LogP contribution in [0.4, 0.5) is 5.69 Å². The summed E-state index contributed by atoms with van der Waals surface area (Å²) >= 11 is 0. The summed E-state index contributed by atoms with van der Waals surface area (Å²) in [5.74, 6) is 1.61. The number of nitrogens with two attached hydrogens (primary N) is 1. The molecule has 1 fully saturated rings. The van der Waals surface area contributed by atoms with Crippen molar-refractivity contribution in [3.63, 3.8) is 0 Å². The molecule has 17 heavy (non-hydrogen) atoms. The molecule has 1 aromatic carbocycles. The minimum atomic E-state index is 0.315. The van der Waals surface area contributed by atoms with E-state index in [-0.39, 0.29) is 0 Å². The van der Waals surface area contributed by atoms with E-state index in [9.17, 15) is 0 Å². The molecule has 0 radical (unpaired) electrons. The molecule has 3 heteroatoms. The van der Waals surface area contributed by atoms with Gasteiger partial charge >= 0.3 is 0 Å². The van der Waals surface area contributed by atoms with Crippen molar-refractivity contribution < 1.29 is 4.74 Å². The normalized spacial score (nSPS) is 21.0. The molecule has 0 aliphatic carbocycles. The molecule has 3 nitrogen and oxygen atoms in total. The topological polar surface area (TPSA) is 38.5 Å². The summed E-state index contributed by atoms with van der Waals surface area (Å²) < 4.78 is 5.95. The Balaban J connectivity index is 1.85. The zero-order chi connectivity index (χ0) is 12.3. The molecule has 1 aromatic rings. The molecule has 1 unspecified atom stereocenters. The number of nitrogen functional groups attached to an aromatic ring is 1. The number of rotatable bonds is 4. The summed E-state index contributed by atoms with van der Waals surface area (Å²) in [4.78, 5) is 2.47. The molecule has 0 saturated carbocycles. The van der Waals surface area contributed by atoms with E-state index in [0.717, 1.165) is 43.4 Å². The van der Waals surface area contributed by atoms with Gasteiger partial charge in [-0.3, -0.25) is 4.90 Å². The molecule has 0 amide bonds. The largest absolute Gasteiger partial charge is 0.489 e. The second-order valence-corrected chi connectivity index (χ2v) is 5.25. The van der Waals surface area contributed by atoms with Gasteiger partial charge in [-0.2, -0.15) is 0 Å². The Kier molecular flexibility index (Phi) is 3.89. The highest BCUT2D eigenvalue weighted by atomic mass is 16.5. The quantitative estimate of drug-likeness (QED) is 0.813. The second kappa shape index (κ2) is 5.41. The van der Waals surface area contributed by atoms with Crippen molar-refractivity contribution in [2.45, 2.75) is 26.4 Å². The van der Waals surface area contributed by atoms with Crippen molar-refractivity contribution in [2.75, 3.05) is 25.4 Å². The van der Waals surface area contributed by atoms with E-state index < -0.39 is 0 Å². The molecule has 2 rings (SSSR count). The number of nitrogens with zero attached hydrogens (tertiary/aromatic N) is 1. The van der Waals surface area contributed by atoms with E-state index in [4.69, 9.17) is 10.5 Å². The third-order valence-electron chi connectivity index (χ3n) is 3.01. The Bertz CT molecular complexity index is 365. The van der Waals surface area contributed by atoms with Crippen LogP contribution in [0, 0.1) is 5.92 Å². The van der Waals surface area contributed by atoms with E-state index in [2.05, 4.69) is 18.7 Å². The van der Waals surface area contributed by atoms with E-state index in [1.165, 1.54) is 0 Å². The smallest absolute Gasteiger partial charge is 0.121 e. The van der Waals surface area contributed by atoms with Crippen LogP contribution in [-0.2, 0) is 0 Å². The average Bonchev–Trinajstić information content (AvgIpc) is 2.64. The third-order valence-corrected chi connectivity index (χ3v) is 3.01. The van der Waals surface area contributed by atoms with Gasteiger partial charge in [-0.25, -0.2) is 0 Å². The molecular formula is C14H22N2O. The second-order valence-electron chi connectivity index (χ2n) is 5.25. The highest BCUT2D eigenvalue weighted by Crippen LogP contribution is 2.20. The highest BCUT2D eigenvalue weighted by Gasteiger charge is 2.24. The van der Waals surface area contributed by atoms with Gasteiger partial charge in [0.05, 0.1) is 0 Å². The van der Waals surface area contributed by atoms with E-state index in [1.807, 2.05) is 24.3 Å². The minimum absolute atomic E-state index is 0.315. The van der Waals surface area contributed by atoms with Crippen LogP contribution in [0.2, 0.25) is 0 Å². The lowest BCUT2D eigenvalue weighted by atomic mass is 10.2. The number of benzene rings is 1. The molecule has 0 bridgehead atoms. The van der Waals surface area contributed by atoms with Crippen LogP contribution in [0.5, 0.6) is 5.75 Å². The number of likely N-dealkylation sites (tertiary alicyclic amines) is 1. The van der Waals surface area contributed by atoms with Crippen molar-refractivity contribution in [1.29, 1.82) is 0 Å². The highest BCUT2D eigenvalue weighted by molar-refractivity contribution is 5.43. The molecule has 1 saturated heterocycles. The van der Waals surface area contributed by atoms with E-state index in [0.29, 0.717) is 6.10 Å². The first-order valence-corrected chi connectivity index (χ1v) is 6.38. The summed E-state index contributed by atoms with van der Waals surface area (Å²) in [6.07, 6.45) is 1.43. The molecule has 2 N–H and O–H groups in total. The van der Waals surface area contributed by atoms with Crippen molar-refractivity contribution in [1.82, 2.24) is 4.90 Å². The maximum absolute atomic E-state index is 5.95. The zero-order valence-electron chi connectivity index (χ0n) is 10.7. The third kappa shape index (κ3) is 3.63. The van der Waals surface area contributed by atoms with Gasteiger partial charge in [0.2, 0.25) is 0 Å². The summed E-state index contributed by atoms with van der Waals surface area (Å²) in [5.41, 5.74) is 6.50. The fraction of sp³-hybridized carbons (Fsp3) is 0.571. The van der Waals surface area contributed by atoms with E-state index >= 15 is 0 Å². The Hall–Kier alpha value is -1.22. The molecule has 1 heterocycles. The van der Waals surface area contributed by atoms with Crippen LogP contribution in [0.1, 0.15) is 20.3 Å². The molecule has 94 valence electrons. The molecular weight excluding hydrogens is 212 g/mol. The lowest BCUT2D eigenvalue weighted by Crippen LogP contribution is -2.28. The predicted molar refractivity (Wildman–Crippen MR) is 71.2 cm³/mol. The number of hydrogen-bond acceptors (Lipinski definition) is 3. The average molecular weight is 234 g/mol. The summed E-state index contributed by atoms with van der Waals surface area (Å²) in [6.45, 7) is 7.85. The van der Waals surface area contributed by atoms with Crippen LogP contribution < -0.4 is 10.5 Å². The minimum Gasteiger partial charge on any atom is -0.489 e. The van der Waals surface area contributed by atoms with Gasteiger partial charge in [-0.15, -0.1) is 0 Å². The van der Waals surface area contributed by atoms with Gasteiger partial charge in [0.15, 0.2) is 0 Å². The van der Waals surface area contributed by atoms with Crippen molar-refractivity contribution in [2.24, 2.45) is 5.92 Å². The molecule has 1 aliphatic heterocycles. The summed E-state index contributed by atoms with van der Waals surface area (Å²) in [6, 6.07) is 7.69. The molecule has 1 atom stereocenters. The van der Waals surface area contributed by atoms with Crippen LogP contribution >= 0.6 is 0 Å². The predicted octanol–water partition coefficient (Wildman–Crippen LogP) is 2.38. The van der Waals surface area contributed by atoms with Crippen molar-refractivity contribution in [3.8, 4) is 5.75 Å². The number of hydrogen-bond donors (Lipinski definition) is 1. The number of anilines is 1. The number of ether oxygens (including phenoxy) is 1. The van der Waals surface area contributed by atoms with Gasteiger partial charge in [0.25, 0.3) is 0 Å². The first-order valence-electron chi connectivity index (χ1n) is 6.38. The van der Waals surface area contributed by atoms with Gasteiger partial charge in [0, 0.05) is 31.4 Å². The maximum Gasteiger partial charge on any atom is 0.121 e. The Morgan fingerprint density at radius 1 is 1.47 bits per heavy atom. The molecule has 0 spiro atoms. The van der Waals surface area contributed by atoms with Crippen molar-refractivity contribution in [3.05, 3.63) is 24.3 Å². The van der Waals surface area contributed by atoms with Crippen LogP contribution in [-0.4, -0.2) is 30.6 Å². The standard InChI is InChI=1S/C14H22N2O/c1-11(2)9-16-7-6-14(10-16)17-13-5-3-4-12(15)8-13/h3-5,8,11,14H,6-7,9-10,15H2,1-2H3. The van der Waals surface area contributed by atoms with Crippen molar-refractivity contribution >= 4 is 5.69 Å². The monoisotopic (exact) mass is 234 g/mol. The fourth-order valence-corrected chi connectivity index (χ4v) is 2.36. The lowest BCUT2D eigenvalue weighted by Gasteiger charge is -2.18. The van der Waals surface area contributed by atoms with Gasteiger partial charge in [-0.1, -0.05) is 19.9 Å². The van der Waals surface area contributed by atoms with Crippen LogP contribution in [0.3, 0.4) is 0 Å². The van der Waals surface area contributed by atoms with Gasteiger partial charge in [0.1, 0.15) is 11.9 Å². The SMILES string of the molecule is CC(C)CN1CCC(Oc2cccc(N)c2)C1. The fourth-order valence-electron chi connectivity index (χ4n) is 2.36. The summed E-state index contributed by atoms with van der Waals surface area (Å²) in [5, 5.41) is 0. The molecule has 1 aliphatic rings. The van der Waals surface area contributed by atoms with E-state index in [1.54, 1.807) is 0 Å².